The van der Waals surface area contributed by atoms with Gasteiger partial charge >= 0.3 is 18.0 Å². The number of amides is 2. The minimum atomic E-state index is -1.18. The number of halogens is 2. The molecule has 1 aliphatic rings. The molecule has 42 heavy (non-hydrogen) atoms. The number of aliphatic hydroxyl groups excluding tert-OH is 1. The van der Waals surface area contributed by atoms with Crippen LogP contribution in [-0.4, -0.2) is 69.6 Å². The Balaban J connectivity index is 1.65. The lowest BCUT2D eigenvalue weighted by molar-refractivity contribution is -0.143. The molecule has 4 N–H and O–H groups in total. The van der Waals surface area contributed by atoms with E-state index in [9.17, 15) is 19.5 Å². The highest BCUT2D eigenvalue weighted by atomic mass is 79.9. The summed E-state index contributed by atoms with van der Waals surface area (Å²) in [4.78, 5) is 35.9. The normalized spacial score (nSPS) is 15.4. The number of urea groups is 1. The summed E-state index contributed by atoms with van der Waals surface area (Å²) in [6, 6.07) is 7.15. The molecule has 3 rings (SSSR count). The van der Waals surface area contributed by atoms with Crippen molar-refractivity contribution in [1.82, 2.24) is 16.1 Å². The number of ether oxygens (including phenoxy) is 5. The van der Waals surface area contributed by atoms with Crippen LogP contribution in [-0.2, 0) is 19.1 Å². The SMILES string of the molecule is CCOc1cc([C@H]2NC(=O)NC(C)=C2C(=O)OC)ccc1OC[C@H](O)N/N=C\c1cc(Br)c(OCC(=O)OC)c(Br)c1. The van der Waals surface area contributed by atoms with E-state index < -0.39 is 30.2 Å². The second kappa shape index (κ2) is 15.4. The summed E-state index contributed by atoms with van der Waals surface area (Å²) < 4.78 is 27.6. The predicted molar refractivity (Wildman–Crippen MR) is 158 cm³/mol. The predicted octanol–water partition coefficient (Wildman–Crippen LogP) is 3.28. The smallest absolute Gasteiger partial charge is 0.343 e. The largest absolute Gasteiger partial charge is 0.490 e. The van der Waals surface area contributed by atoms with Crippen LogP contribution in [0.4, 0.5) is 4.79 Å². The van der Waals surface area contributed by atoms with E-state index in [2.05, 4.69) is 57.8 Å². The molecule has 15 heteroatoms. The number of nitrogens with one attached hydrogen (secondary N) is 3. The van der Waals surface area contributed by atoms with E-state index in [0.29, 0.717) is 49.6 Å². The van der Waals surface area contributed by atoms with Gasteiger partial charge < -0.3 is 39.4 Å². The molecule has 2 atom stereocenters. The molecule has 0 fully saturated rings. The maximum absolute atomic E-state index is 12.4. The molecule has 2 aromatic carbocycles. The second-order valence-electron chi connectivity index (χ2n) is 8.59. The van der Waals surface area contributed by atoms with Crippen molar-refractivity contribution >= 4 is 56.0 Å². The van der Waals surface area contributed by atoms with Crippen molar-refractivity contribution in [3.8, 4) is 17.2 Å². The van der Waals surface area contributed by atoms with Crippen molar-refractivity contribution in [2.45, 2.75) is 26.1 Å². The Morgan fingerprint density at radius 2 is 1.81 bits per heavy atom. The fourth-order valence-corrected chi connectivity index (χ4v) is 5.25. The van der Waals surface area contributed by atoms with Crippen LogP contribution in [0.1, 0.15) is 31.0 Å². The van der Waals surface area contributed by atoms with Crippen LogP contribution in [0.2, 0.25) is 0 Å². The number of aliphatic hydroxyl groups is 1. The summed E-state index contributed by atoms with van der Waals surface area (Å²) in [5.41, 5.74) is 4.45. The van der Waals surface area contributed by atoms with Gasteiger partial charge in [0, 0.05) is 5.70 Å². The monoisotopic (exact) mass is 712 g/mol. The van der Waals surface area contributed by atoms with E-state index in [0.717, 1.165) is 0 Å². The highest BCUT2D eigenvalue weighted by Gasteiger charge is 2.32. The molecule has 1 heterocycles. The van der Waals surface area contributed by atoms with Gasteiger partial charge in [-0.15, -0.1) is 0 Å². The zero-order valence-corrected chi connectivity index (χ0v) is 26.3. The molecular weight excluding hydrogens is 684 g/mol. The van der Waals surface area contributed by atoms with Crippen LogP contribution in [0.15, 0.2) is 55.6 Å². The van der Waals surface area contributed by atoms with E-state index >= 15 is 0 Å². The highest BCUT2D eigenvalue weighted by Crippen LogP contribution is 2.36. The van der Waals surface area contributed by atoms with Gasteiger partial charge in [-0.25, -0.2) is 14.4 Å². The number of benzene rings is 2. The van der Waals surface area contributed by atoms with Gasteiger partial charge in [0.05, 0.1) is 47.6 Å². The molecule has 0 saturated carbocycles. The van der Waals surface area contributed by atoms with Crippen LogP contribution in [0.3, 0.4) is 0 Å². The molecule has 13 nitrogen and oxygen atoms in total. The first-order valence-electron chi connectivity index (χ1n) is 12.5. The molecule has 0 saturated heterocycles. The summed E-state index contributed by atoms with van der Waals surface area (Å²) in [6.45, 7) is 3.31. The number of carbonyl (C=O) groups excluding carboxylic acids is 3. The van der Waals surface area contributed by atoms with Gasteiger partial charge in [-0.3, -0.25) is 5.43 Å². The summed E-state index contributed by atoms with van der Waals surface area (Å²) in [5.74, 6) is 0.0104. The molecule has 2 aromatic rings. The lowest BCUT2D eigenvalue weighted by Crippen LogP contribution is -2.45. The van der Waals surface area contributed by atoms with Crippen LogP contribution in [0.25, 0.3) is 0 Å². The van der Waals surface area contributed by atoms with Crippen LogP contribution < -0.4 is 30.3 Å². The minimum absolute atomic E-state index is 0.180. The number of nitrogens with zero attached hydrogens (tertiary/aromatic N) is 1. The molecule has 226 valence electrons. The molecule has 0 radical (unpaired) electrons. The Kier molecular flexibility index (Phi) is 12.0. The Hall–Kier alpha value is -3.82. The summed E-state index contributed by atoms with van der Waals surface area (Å²) in [7, 11) is 2.54. The van der Waals surface area contributed by atoms with Crippen molar-refractivity contribution in [3.63, 3.8) is 0 Å². The number of carbonyl (C=O) groups is 3. The van der Waals surface area contributed by atoms with E-state index in [1.807, 2.05) is 0 Å². The number of allylic oxidation sites excluding steroid dienone is 1. The number of hydrogen-bond acceptors (Lipinski definition) is 11. The van der Waals surface area contributed by atoms with Gasteiger partial charge in [-0.05, 0) is 81.1 Å². The third-order valence-corrected chi connectivity index (χ3v) is 6.87. The van der Waals surface area contributed by atoms with Crippen molar-refractivity contribution in [3.05, 3.63) is 61.7 Å². The molecule has 0 aliphatic carbocycles. The lowest BCUT2D eigenvalue weighted by Gasteiger charge is -2.28. The van der Waals surface area contributed by atoms with E-state index in [-0.39, 0.29) is 18.8 Å². The lowest BCUT2D eigenvalue weighted by atomic mass is 9.95. The second-order valence-corrected chi connectivity index (χ2v) is 10.3. The minimum Gasteiger partial charge on any atom is -0.490 e. The molecule has 0 unspecified atom stereocenters. The zero-order valence-electron chi connectivity index (χ0n) is 23.2. The Bertz CT molecular complexity index is 1360. The molecule has 0 aromatic heterocycles. The molecular formula is C27H30Br2N4O9. The summed E-state index contributed by atoms with van der Waals surface area (Å²) in [6.07, 6.45) is 0.301. The topological polar surface area (TPSA) is 166 Å². The summed E-state index contributed by atoms with van der Waals surface area (Å²) in [5, 5.41) is 19.7. The summed E-state index contributed by atoms with van der Waals surface area (Å²) >= 11 is 6.78. The van der Waals surface area contributed by atoms with E-state index in [1.165, 1.54) is 20.4 Å². The third-order valence-electron chi connectivity index (χ3n) is 5.69. The highest BCUT2D eigenvalue weighted by molar-refractivity contribution is 9.11. The molecule has 2 amide bonds. The maximum Gasteiger partial charge on any atom is 0.343 e. The molecule has 0 bridgehead atoms. The van der Waals surface area contributed by atoms with Crippen molar-refractivity contribution < 1.29 is 43.2 Å². The standard InChI is InChI=1S/C27H30Br2N4O9/c1-5-40-20-10-16(24-23(26(36)39-4)14(2)31-27(37)32-24)6-7-19(20)41-12-21(34)33-30-11-15-8-17(28)25(18(29)9-15)42-13-22(35)38-3/h6-11,21,24,33-34H,5,12-13H2,1-4H3,(H2,31,32,37)/b30-11-/t21-,24+/m0/s1. The number of methoxy groups -OCH3 is 2. The van der Waals surface area contributed by atoms with Gasteiger partial charge in [0.25, 0.3) is 0 Å². The third kappa shape index (κ3) is 8.59. The number of hydrazone groups is 1. The fraction of sp³-hybridized carbons (Fsp3) is 0.333. The zero-order chi connectivity index (χ0) is 30.8. The van der Waals surface area contributed by atoms with Gasteiger partial charge in [-0.1, -0.05) is 6.07 Å². The van der Waals surface area contributed by atoms with Crippen LogP contribution >= 0.6 is 31.9 Å². The van der Waals surface area contributed by atoms with E-state index in [4.69, 9.17) is 18.9 Å². The first-order valence-corrected chi connectivity index (χ1v) is 14.1. The van der Waals surface area contributed by atoms with Gasteiger partial charge in [0.15, 0.2) is 24.3 Å². The maximum atomic E-state index is 12.4. The average molecular weight is 714 g/mol. The van der Waals surface area contributed by atoms with Gasteiger partial charge in [-0.2, -0.15) is 5.10 Å². The van der Waals surface area contributed by atoms with Gasteiger partial charge in [0.2, 0.25) is 0 Å². The van der Waals surface area contributed by atoms with Gasteiger partial charge in [0.1, 0.15) is 12.4 Å². The first kappa shape index (κ1) is 32.7. The van der Waals surface area contributed by atoms with Crippen molar-refractivity contribution in [1.29, 1.82) is 0 Å². The fourth-order valence-electron chi connectivity index (χ4n) is 3.80. The quantitative estimate of drug-likeness (QED) is 0.105. The molecule has 1 aliphatic heterocycles. The van der Waals surface area contributed by atoms with E-state index in [1.54, 1.807) is 44.2 Å². The Morgan fingerprint density at radius 1 is 1.10 bits per heavy atom. The average Bonchev–Trinajstić information content (AvgIpc) is 2.95. The number of rotatable bonds is 13. The number of hydrogen-bond donors (Lipinski definition) is 4. The van der Waals surface area contributed by atoms with Crippen molar-refractivity contribution in [2.75, 3.05) is 34.0 Å². The number of esters is 2. The van der Waals surface area contributed by atoms with Crippen LogP contribution in [0, 0.1) is 0 Å². The Morgan fingerprint density at radius 3 is 2.45 bits per heavy atom. The first-order chi connectivity index (χ1) is 20.1. The Labute approximate surface area is 258 Å². The van der Waals surface area contributed by atoms with Crippen molar-refractivity contribution in [2.24, 2.45) is 5.10 Å². The van der Waals surface area contributed by atoms with Crippen LogP contribution in [0.5, 0.6) is 17.2 Å². The molecule has 0 spiro atoms.